The van der Waals surface area contributed by atoms with Crippen LogP contribution in [0.5, 0.6) is 5.88 Å². The molecule has 3 rings (SSSR count). The lowest BCUT2D eigenvalue weighted by Gasteiger charge is -2.26. The van der Waals surface area contributed by atoms with Gasteiger partial charge in [0.05, 0.1) is 15.8 Å². The zero-order valence-corrected chi connectivity index (χ0v) is 15.5. The molecule has 1 aliphatic heterocycles. The number of nitriles is 1. The number of aryl methyl sites for hydroxylation is 1. The van der Waals surface area contributed by atoms with Crippen molar-refractivity contribution in [1.82, 2.24) is 10.2 Å². The van der Waals surface area contributed by atoms with Crippen molar-refractivity contribution in [3.8, 4) is 11.9 Å². The number of aromatic amines is 1. The van der Waals surface area contributed by atoms with Crippen molar-refractivity contribution in [2.75, 3.05) is 0 Å². The SMILES string of the molecule is Cc1[nH]nc2c1[C@H](c1c(C)c([N+](=O)[O-])c(C)c([N+](=O)[O-])c1C)C(C#N)=C(N)O2. The summed E-state index contributed by atoms with van der Waals surface area (Å²) in [5, 5.41) is 39.8. The monoisotopic (exact) mass is 384 g/mol. The molecule has 11 nitrogen and oxygen atoms in total. The van der Waals surface area contributed by atoms with Crippen LogP contribution in [-0.4, -0.2) is 20.0 Å². The Morgan fingerprint density at radius 2 is 1.61 bits per heavy atom. The molecule has 11 heteroatoms. The molecule has 1 aromatic carbocycles. The van der Waals surface area contributed by atoms with Gasteiger partial charge in [-0.3, -0.25) is 25.3 Å². The van der Waals surface area contributed by atoms with Crippen LogP contribution in [0.25, 0.3) is 0 Å². The zero-order valence-electron chi connectivity index (χ0n) is 15.5. The first-order valence-corrected chi connectivity index (χ1v) is 8.16. The number of hydrogen-bond acceptors (Lipinski definition) is 8. The van der Waals surface area contributed by atoms with E-state index in [1.165, 1.54) is 20.8 Å². The van der Waals surface area contributed by atoms with Gasteiger partial charge in [-0.05, 0) is 33.3 Å². The van der Waals surface area contributed by atoms with Crippen molar-refractivity contribution < 1.29 is 14.6 Å². The number of ether oxygens (including phenoxy) is 1. The van der Waals surface area contributed by atoms with Crippen LogP contribution in [0.1, 0.15) is 39.4 Å². The van der Waals surface area contributed by atoms with Crippen LogP contribution < -0.4 is 10.5 Å². The Hall–Kier alpha value is -3.94. The summed E-state index contributed by atoms with van der Waals surface area (Å²) < 4.78 is 5.39. The third-order valence-corrected chi connectivity index (χ3v) is 5.01. The third kappa shape index (κ3) is 2.46. The first-order chi connectivity index (χ1) is 13.1. The van der Waals surface area contributed by atoms with Gasteiger partial charge in [-0.1, -0.05) is 0 Å². The highest BCUT2D eigenvalue weighted by molar-refractivity contribution is 5.70. The molecule has 0 spiro atoms. The van der Waals surface area contributed by atoms with Gasteiger partial charge in [0.15, 0.2) is 0 Å². The molecule has 0 amide bonds. The number of rotatable bonds is 3. The van der Waals surface area contributed by atoms with Crippen LogP contribution in [0, 0.1) is 59.3 Å². The maximum atomic E-state index is 11.7. The van der Waals surface area contributed by atoms with Crippen molar-refractivity contribution in [2.45, 2.75) is 33.6 Å². The van der Waals surface area contributed by atoms with Gasteiger partial charge in [0.25, 0.3) is 11.4 Å². The van der Waals surface area contributed by atoms with Gasteiger partial charge < -0.3 is 10.5 Å². The van der Waals surface area contributed by atoms with E-state index in [4.69, 9.17) is 10.5 Å². The molecule has 1 aliphatic rings. The highest BCUT2D eigenvalue weighted by Gasteiger charge is 2.40. The van der Waals surface area contributed by atoms with E-state index in [1.54, 1.807) is 6.92 Å². The van der Waals surface area contributed by atoms with E-state index in [2.05, 4.69) is 10.2 Å². The molecule has 3 N–H and O–H groups in total. The first-order valence-electron chi connectivity index (χ1n) is 8.16. The molecule has 1 aromatic heterocycles. The van der Waals surface area contributed by atoms with Gasteiger partial charge in [0.1, 0.15) is 17.2 Å². The predicted molar refractivity (Wildman–Crippen MR) is 96.6 cm³/mol. The van der Waals surface area contributed by atoms with Crippen LogP contribution >= 0.6 is 0 Å². The number of benzene rings is 1. The number of H-pyrrole nitrogens is 1. The van der Waals surface area contributed by atoms with E-state index in [9.17, 15) is 25.5 Å². The lowest BCUT2D eigenvalue weighted by molar-refractivity contribution is -0.396. The van der Waals surface area contributed by atoms with Crippen LogP contribution in [-0.2, 0) is 0 Å². The average Bonchev–Trinajstić information content (AvgIpc) is 2.94. The van der Waals surface area contributed by atoms with Crippen molar-refractivity contribution in [1.29, 1.82) is 5.26 Å². The van der Waals surface area contributed by atoms with Crippen molar-refractivity contribution >= 4 is 11.4 Å². The maximum Gasteiger partial charge on any atom is 0.282 e. The molecule has 0 fully saturated rings. The number of nitrogens with two attached hydrogens (primary N) is 1. The maximum absolute atomic E-state index is 11.7. The molecule has 0 saturated heterocycles. The Bertz CT molecular complexity index is 1080. The second kappa shape index (κ2) is 6.34. The van der Waals surface area contributed by atoms with Crippen LogP contribution in [0.15, 0.2) is 11.5 Å². The minimum absolute atomic E-state index is 0.00986. The fraction of sp³-hybridized carbons (Fsp3) is 0.294. The standard InChI is InChI=1S/C17H16N6O5/c1-6-11(7(2)15(23(26)27)8(3)14(6)22(24)25)13-10(5-18)16(19)28-17-12(13)9(4)20-21-17/h13H,19H2,1-4H3,(H,20,21)/t13-/m0/s1. The lowest BCUT2D eigenvalue weighted by atomic mass is 9.78. The zero-order chi connectivity index (χ0) is 20.9. The summed E-state index contributed by atoms with van der Waals surface area (Å²) >= 11 is 0. The first kappa shape index (κ1) is 18.8. The minimum atomic E-state index is -0.884. The summed E-state index contributed by atoms with van der Waals surface area (Å²) in [6, 6.07) is 1.97. The molecule has 0 aliphatic carbocycles. The highest BCUT2D eigenvalue weighted by Crippen LogP contribution is 2.48. The number of nitrogens with zero attached hydrogens (tertiary/aromatic N) is 4. The number of nitro groups is 2. The van der Waals surface area contributed by atoms with Crippen LogP contribution in [0.2, 0.25) is 0 Å². The molecule has 2 heterocycles. The number of fused-ring (bicyclic) bond motifs is 1. The van der Waals surface area contributed by atoms with Gasteiger partial charge >= 0.3 is 0 Å². The summed E-state index contributed by atoms with van der Waals surface area (Å²) in [5.74, 6) is -0.953. The molecule has 0 radical (unpaired) electrons. The number of allylic oxidation sites excluding steroid dienone is 1. The molecule has 2 aromatic rings. The number of nitrogens with one attached hydrogen (secondary N) is 1. The molecule has 28 heavy (non-hydrogen) atoms. The fourth-order valence-corrected chi connectivity index (χ4v) is 3.88. The van der Waals surface area contributed by atoms with Crippen molar-refractivity contribution in [3.63, 3.8) is 0 Å². The number of hydrogen-bond donors (Lipinski definition) is 2. The van der Waals surface area contributed by atoms with E-state index < -0.39 is 15.8 Å². The van der Waals surface area contributed by atoms with Gasteiger partial charge in [0, 0.05) is 22.4 Å². The molecule has 0 saturated carbocycles. The Labute approximate surface area is 158 Å². The second-order valence-electron chi connectivity index (χ2n) is 6.49. The van der Waals surface area contributed by atoms with Gasteiger partial charge in [-0.15, -0.1) is 5.10 Å². The normalized spacial score (nSPS) is 15.6. The van der Waals surface area contributed by atoms with E-state index >= 15 is 0 Å². The Morgan fingerprint density at radius 3 is 2.07 bits per heavy atom. The van der Waals surface area contributed by atoms with Crippen LogP contribution in [0.4, 0.5) is 11.4 Å². The number of aromatic nitrogens is 2. The highest BCUT2D eigenvalue weighted by atomic mass is 16.6. The topological polar surface area (TPSA) is 174 Å². The Balaban J connectivity index is 2.51. The second-order valence-corrected chi connectivity index (χ2v) is 6.49. The molecular formula is C17H16N6O5. The molecule has 144 valence electrons. The molecule has 0 bridgehead atoms. The summed E-state index contributed by atoms with van der Waals surface area (Å²) in [6.07, 6.45) is 0. The van der Waals surface area contributed by atoms with Crippen LogP contribution in [0.3, 0.4) is 0 Å². The molecular weight excluding hydrogens is 368 g/mol. The third-order valence-electron chi connectivity index (χ3n) is 5.01. The van der Waals surface area contributed by atoms with E-state index in [0.29, 0.717) is 11.3 Å². The van der Waals surface area contributed by atoms with Gasteiger partial charge in [-0.2, -0.15) is 5.26 Å². The van der Waals surface area contributed by atoms with E-state index in [1.807, 2.05) is 6.07 Å². The summed E-state index contributed by atoms with van der Waals surface area (Å²) in [6.45, 7) is 6.05. The summed E-state index contributed by atoms with van der Waals surface area (Å²) in [4.78, 5) is 22.1. The van der Waals surface area contributed by atoms with E-state index in [0.717, 1.165) is 0 Å². The van der Waals surface area contributed by atoms with Gasteiger partial charge in [0.2, 0.25) is 11.8 Å². The van der Waals surface area contributed by atoms with E-state index in [-0.39, 0.29) is 51.0 Å². The minimum Gasteiger partial charge on any atom is -0.420 e. The summed E-state index contributed by atoms with van der Waals surface area (Å²) in [7, 11) is 0. The fourth-order valence-electron chi connectivity index (χ4n) is 3.88. The molecule has 1 atom stereocenters. The average molecular weight is 384 g/mol. The van der Waals surface area contributed by atoms with Crippen molar-refractivity contribution in [2.24, 2.45) is 5.73 Å². The smallest absolute Gasteiger partial charge is 0.282 e. The predicted octanol–water partition coefficient (Wildman–Crippen LogP) is 2.68. The lowest BCUT2D eigenvalue weighted by Crippen LogP contribution is -2.23. The van der Waals surface area contributed by atoms with Gasteiger partial charge in [-0.25, -0.2) is 0 Å². The Kier molecular flexibility index (Phi) is 4.27. The largest absolute Gasteiger partial charge is 0.420 e. The summed E-state index contributed by atoms with van der Waals surface area (Å²) in [5.41, 5.74) is 6.87. The number of nitro benzene ring substituents is 2. The molecule has 0 unspecified atom stereocenters. The quantitative estimate of drug-likeness (QED) is 0.599. The van der Waals surface area contributed by atoms with Crippen molar-refractivity contribution in [3.05, 3.63) is 65.2 Å². The Morgan fingerprint density at radius 1 is 1.07 bits per heavy atom.